The van der Waals surface area contributed by atoms with Crippen LogP contribution in [0.2, 0.25) is 0 Å². The molecule has 2 amide bonds. The summed E-state index contributed by atoms with van der Waals surface area (Å²) in [6.45, 7) is 3.95. The van der Waals surface area contributed by atoms with Crippen LogP contribution in [0, 0.1) is 0 Å². The van der Waals surface area contributed by atoms with Crippen LogP contribution in [0.1, 0.15) is 57.9 Å². The zero-order valence-electron chi connectivity index (χ0n) is 17.3. The fourth-order valence-corrected chi connectivity index (χ4v) is 1.95. The maximum Gasteiger partial charge on any atom is 0.289 e. The molecular formula is C21H35N3O4. The van der Waals surface area contributed by atoms with Crippen LogP contribution in [-0.2, 0) is 25.7 Å². The van der Waals surface area contributed by atoms with Crippen molar-refractivity contribution in [3.05, 3.63) is 35.9 Å². The topological polar surface area (TPSA) is 118 Å². The molecule has 4 N–H and O–H groups in total. The number of primary amides is 1. The van der Waals surface area contributed by atoms with Crippen LogP contribution in [0.3, 0.4) is 0 Å². The van der Waals surface area contributed by atoms with E-state index in [-0.39, 0.29) is 12.5 Å². The number of nitrogens with two attached hydrogens (primary N) is 1. The maximum atomic E-state index is 11.2. The Hall–Kier alpha value is -2.54. The van der Waals surface area contributed by atoms with Gasteiger partial charge in [0, 0.05) is 19.9 Å². The van der Waals surface area contributed by atoms with Gasteiger partial charge in [0.15, 0.2) is 0 Å². The molecule has 0 heterocycles. The molecule has 158 valence electrons. The van der Waals surface area contributed by atoms with Gasteiger partial charge in [0.2, 0.25) is 11.7 Å². The monoisotopic (exact) mass is 393 g/mol. The molecule has 1 aromatic carbocycles. The third-order valence-corrected chi connectivity index (χ3v) is 3.31. The van der Waals surface area contributed by atoms with Gasteiger partial charge in [0.1, 0.15) is 6.29 Å². The molecule has 0 saturated heterocycles. The van der Waals surface area contributed by atoms with Crippen molar-refractivity contribution in [1.82, 2.24) is 10.6 Å². The SMILES string of the molecule is CC(N)=O.CCCCCCCC=O.CNCC(=O)C(=O)NCc1ccccc1. The van der Waals surface area contributed by atoms with Crippen molar-refractivity contribution in [2.75, 3.05) is 13.6 Å². The lowest BCUT2D eigenvalue weighted by Gasteiger charge is -2.03. The minimum Gasteiger partial charge on any atom is -0.370 e. The van der Waals surface area contributed by atoms with E-state index in [0.717, 1.165) is 24.7 Å². The lowest BCUT2D eigenvalue weighted by atomic mass is 10.1. The van der Waals surface area contributed by atoms with Crippen molar-refractivity contribution in [2.45, 2.75) is 58.9 Å². The van der Waals surface area contributed by atoms with Gasteiger partial charge in [-0.1, -0.05) is 62.9 Å². The second kappa shape index (κ2) is 20.8. The number of amides is 2. The Morgan fingerprint density at radius 3 is 2.11 bits per heavy atom. The first kappa shape index (κ1) is 27.7. The van der Waals surface area contributed by atoms with Gasteiger partial charge in [-0.3, -0.25) is 14.4 Å². The zero-order chi connectivity index (χ0) is 21.6. The number of carbonyl (C=O) groups excluding carboxylic acids is 4. The minimum atomic E-state index is -0.548. The van der Waals surface area contributed by atoms with E-state index in [1.165, 1.54) is 32.6 Å². The van der Waals surface area contributed by atoms with Crippen molar-refractivity contribution in [3.63, 3.8) is 0 Å². The van der Waals surface area contributed by atoms with Crippen LogP contribution < -0.4 is 16.4 Å². The Kier molecular flexibility index (Phi) is 20.5. The first-order valence-corrected chi connectivity index (χ1v) is 9.58. The third kappa shape index (κ3) is 21.5. The van der Waals surface area contributed by atoms with Crippen LogP contribution in [-0.4, -0.2) is 37.5 Å². The molecule has 0 radical (unpaired) electrons. The number of carbonyl (C=O) groups is 4. The van der Waals surface area contributed by atoms with E-state index in [1.807, 2.05) is 30.3 Å². The second-order valence-electron chi connectivity index (χ2n) is 6.10. The molecule has 7 heteroatoms. The lowest BCUT2D eigenvalue weighted by Crippen LogP contribution is -2.35. The summed E-state index contributed by atoms with van der Waals surface area (Å²) in [5.74, 6) is -1.33. The fraction of sp³-hybridized carbons (Fsp3) is 0.524. The van der Waals surface area contributed by atoms with Crippen LogP contribution in [0.25, 0.3) is 0 Å². The van der Waals surface area contributed by atoms with Crippen molar-refractivity contribution in [3.8, 4) is 0 Å². The number of hydrogen-bond donors (Lipinski definition) is 3. The molecule has 0 aliphatic rings. The summed E-state index contributed by atoms with van der Waals surface area (Å²) in [4.78, 5) is 41.4. The fourth-order valence-electron chi connectivity index (χ4n) is 1.95. The van der Waals surface area contributed by atoms with Crippen molar-refractivity contribution < 1.29 is 19.2 Å². The molecule has 0 aromatic heterocycles. The summed E-state index contributed by atoms with van der Waals surface area (Å²) in [6.07, 6.45) is 7.97. The third-order valence-electron chi connectivity index (χ3n) is 3.31. The highest BCUT2D eigenvalue weighted by Gasteiger charge is 2.10. The highest BCUT2D eigenvalue weighted by Crippen LogP contribution is 2.02. The van der Waals surface area contributed by atoms with E-state index in [2.05, 4.69) is 23.3 Å². The van der Waals surface area contributed by atoms with E-state index in [4.69, 9.17) is 0 Å². The van der Waals surface area contributed by atoms with Gasteiger partial charge in [-0.25, -0.2) is 0 Å². The number of ketones is 1. The number of benzene rings is 1. The number of unbranched alkanes of at least 4 members (excludes halogenated alkanes) is 5. The molecule has 0 spiro atoms. The Morgan fingerprint density at radius 1 is 1.04 bits per heavy atom. The number of likely N-dealkylation sites (N-methyl/N-ethyl adjacent to an activating group) is 1. The molecule has 0 saturated carbocycles. The summed E-state index contributed by atoms with van der Waals surface area (Å²) in [5, 5.41) is 5.19. The number of nitrogens with one attached hydrogen (secondary N) is 2. The van der Waals surface area contributed by atoms with Crippen LogP contribution in [0.4, 0.5) is 0 Å². The maximum absolute atomic E-state index is 11.2. The van der Waals surface area contributed by atoms with E-state index in [1.54, 1.807) is 7.05 Å². The number of rotatable bonds is 11. The summed E-state index contributed by atoms with van der Waals surface area (Å²) < 4.78 is 0. The molecule has 0 bridgehead atoms. The molecule has 0 unspecified atom stereocenters. The highest BCUT2D eigenvalue weighted by molar-refractivity contribution is 6.36. The van der Waals surface area contributed by atoms with Gasteiger partial charge in [0.05, 0.1) is 6.54 Å². The normalized spacial score (nSPS) is 9.11. The molecule has 0 atom stereocenters. The number of aldehydes is 1. The van der Waals surface area contributed by atoms with E-state index in [9.17, 15) is 19.2 Å². The van der Waals surface area contributed by atoms with Crippen LogP contribution in [0.15, 0.2) is 30.3 Å². The summed E-state index contributed by atoms with van der Waals surface area (Å²) in [6, 6.07) is 9.46. The Morgan fingerprint density at radius 2 is 1.61 bits per heavy atom. The molecular weight excluding hydrogens is 358 g/mol. The molecule has 0 fully saturated rings. The largest absolute Gasteiger partial charge is 0.370 e. The standard InChI is InChI=1S/C11H14N2O2.C8H16O.C2H5NO/c1-12-8-10(14)11(15)13-7-9-5-3-2-4-6-9;1-2-3-4-5-6-7-8-9;1-2(3)4/h2-6,12H,7-8H2,1H3,(H,13,15);8H,2-7H2,1H3;1H3,(H2,3,4). The Balaban J connectivity index is 0. The molecule has 0 aliphatic heterocycles. The molecule has 7 nitrogen and oxygen atoms in total. The summed E-state index contributed by atoms with van der Waals surface area (Å²) >= 11 is 0. The van der Waals surface area contributed by atoms with Crippen LogP contribution in [0.5, 0.6) is 0 Å². The molecule has 28 heavy (non-hydrogen) atoms. The number of hydrogen-bond acceptors (Lipinski definition) is 5. The predicted octanol–water partition coefficient (Wildman–Crippen LogP) is 2.13. The molecule has 1 aromatic rings. The zero-order valence-corrected chi connectivity index (χ0v) is 17.3. The smallest absolute Gasteiger partial charge is 0.289 e. The summed E-state index contributed by atoms with van der Waals surface area (Å²) in [5.41, 5.74) is 5.45. The van der Waals surface area contributed by atoms with Gasteiger partial charge in [0.25, 0.3) is 5.91 Å². The van der Waals surface area contributed by atoms with Gasteiger partial charge in [-0.05, 0) is 19.0 Å². The average molecular weight is 394 g/mol. The first-order chi connectivity index (χ1) is 13.4. The van der Waals surface area contributed by atoms with Gasteiger partial charge >= 0.3 is 0 Å². The van der Waals surface area contributed by atoms with E-state index >= 15 is 0 Å². The highest BCUT2D eigenvalue weighted by atomic mass is 16.2. The van der Waals surface area contributed by atoms with Crippen molar-refractivity contribution in [1.29, 1.82) is 0 Å². The van der Waals surface area contributed by atoms with E-state index < -0.39 is 11.7 Å². The van der Waals surface area contributed by atoms with Gasteiger partial charge in [-0.15, -0.1) is 0 Å². The van der Waals surface area contributed by atoms with Crippen LogP contribution >= 0.6 is 0 Å². The molecule has 0 aliphatic carbocycles. The van der Waals surface area contributed by atoms with Gasteiger partial charge < -0.3 is 21.2 Å². The Bertz CT molecular complexity index is 544. The molecule has 1 rings (SSSR count). The average Bonchev–Trinajstić information content (AvgIpc) is 2.67. The van der Waals surface area contributed by atoms with Gasteiger partial charge in [-0.2, -0.15) is 0 Å². The number of Topliss-reactive ketones (excluding diaryl/α,β-unsaturated/α-hetero) is 1. The quantitative estimate of drug-likeness (QED) is 0.302. The lowest BCUT2D eigenvalue weighted by molar-refractivity contribution is -0.137. The Labute approximate surface area is 168 Å². The van der Waals surface area contributed by atoms with E-state index in [0.29, 0.717) is 6.54 Å². The van der Waals surface area contributed by atoms with Crippen molar-refractivity contribution in [2.24, 2.45) is 5.73 Å². The minimum absolute atomic E-state index is 0.0701. The summed E-state index contributed by atoms with van der Waals surface area (Å²) in [7, 11) is 1.63. The first-order valence-electron chi connectivity index (χ1n) is 9.58. The predicted molar refractivity (Wildman–Crippen MR) is 112 cm³/mol. The second-order valence-corrected chi connectivity index (χ2v) is 6.10. The van der Waals surface area contributed by atoms with Crippen molar-refractivity contribution >= 4 is 23.9 Å².